The minimum Gasteiger partial charge on any atom is -0.493 e. The summed E-state index contributed by atoms with van der Waals surface area (Å²) in [5.74, 6) is 0.455. The lowest BCUT2D eigenvalue weighted by Gasteiger charge is -2.11. The predicted octanol–water partition coefficient (Wildman–Crippen LogP) is 5.09. The van der Waals surface area contributed by atoms with Gasteiger partial charge in [-0.25, -0.2) is 0 Å². The molecule has 0 aliphatic heterocycles. The number of hydrogen-bond donors (Lipinski definition) is 2. The lowest BCUT2D eigenvalue weighted by atomic mass is 10.2. The molecule has 0 bridgehead atoms. The minimum atomic E-state index is -0.319. The number of carbonyl (C=O) groups excluding carboxylic acids is 1. The van der Waals surface area contributed by atoms with Crippen LogP contribution in [0.2, 0.25) is 5.02 Å². The van der Waals surface area contributed by atoms with Gasteiger partial charge in [0.1, 0.15) is 5.75 Å². The van der Waals surface area contributed by atoms with Gasteiger partial charge in [0.25, 0.3) is 5.91 Å². The Morgan fingerprint density at radius 3 is 2.43 bits per heavy atom. The Kier molecular flexibility index (Phi) is 7.00. The first-order valence-electron chi connectivity index (χ1n) is 8.75. The van der Waals surface area contributed by atoms with Crippen LogP contribution in [0, 0.1) is 0 Å². The number of amides is 1. The van der Waals surface area contributed by atoms with E-state index in [1.165, 1.54) is 5.56 Å². The lowest BCUT2D eigenvalue weighted by Crippen LogP contribution is -2.34. The highest BCUT2D eigenvalue weighted by Gasteiger charge is 2.08. The highest BCUT2D eigenvalue weighted by molar-refractivity contribution is 7.80. The molecule has 3 aromatic carbocycles. The van der Waals surface area contributed by atoms with E-state index in [9.17, 15) is 4.79 Å². The molecule has 4 nitrogen and oxygen atoms in total. The van der Waals surface area contributed by atoms with Gasteiger partial charge in [0.05, 0.1) is 6.61 Å². The molecule has 0 saturated heterocycles. The molecule has 0 fully saturated rings. The van der Waals surface area contributed by atoms with E-state index in [0.717, 1.165) is 17.9 Å². The zero-order valence-corrected chi connectivity index (χ0v) is 16.6. The molecule has 0 aliphatic carbocycles. The van der Waals surface area contributed by atoms with Crippen molar-refractivity contribution in [2.24, 2.45) is 0 Å². The van der Waals surface area contributed by atoms with Gasteiger partial charge >= 0.3 is 0 Å². The quantitative estimate of drug-likeness (QED) is 0.556. The number of hydrogen-bond acceptors (Lipinski definition) is 3. The zero-order chi connectivity index (χ0) is 19.8. The van der Waals surface area contributed by atoms with E-state index in [4.69, 9.17) is 28.6 Å². The van der Waals surface area contributed by atoms with Gasteiger partial charge < -0.3 is 10.1 Å². The van der Waals surface area contributed by atoms with Crippen molar-refractivity contribution in [3.8, 4) is 5.75 Å². The average molecular weight is 411 g/mol. The standard InChI is InChI=1S/C22H19ClN2O2S/c23-18-8-4-7-17(15-18)21(26)25-22(28)24-19-9-11-20(12-10-19)27-14-13-16-5-2-1-3-6-16/h1-12,15H,13-14H2,(H2,24,25,26,28). The predicted molar refractivity (Wildman–Crippen MR) is 117 cm³/mol. The Labute approximate surface area is 174 Å². The molecule has 0 radical (unpaired) electrons. The Bertz CT molecular complexity index is 946. The van der Waals surface area contributed by atoms with Crippen molar-refractivity contribution in [2.45, 2.75) is 6.42 Å². The molecule has 0 aromatic heterocycles. The maximum Gasteiger partial charge on any atom is 0.257 e. The largest absolute Gasteiger partial charge is 0.493 e. The number of benzene rings is 3. The van der Waals surface area contributed by atoms with Gasteiger partial charge in [0, 0.05) is 22.7 Å². The van der Waals surface area contributed by atoms with Gasteiger partial charge in [-0.1, -0.05) is 48.0 Å². The number of thiocarbonyl (C=S) groups is 1. The van der Waals surface area contributed by atoms with Crippen LogP contribution in [0.1, 0.15) is 15.9 Å². The smallest absolute Gasteiger partial charge is 0.257 e. The van der Waals surface area contributed by atoms with Crippen molar-refractivity contribution in [3.63, 3.8) is 0 Å². The Hall–Kier alpha value is -2.89. The van der Waals surface area contributed by atoms with E-state index in [2.05, 4.69) is 22.8 Å². The molecule has 0 aliphatic rings. The number of ether oxygens (including phenoxy) is 1. The van der Waals surface area contributed by atoms with Crippen molar-refractivity contribution in [1.29, 1.82) is 0 Å². The number of rotatable bonds is 6. The fourth-order valence-electron chi connectivity index (χ4n) is 2.53. The van der Waals surface area contributed by atoms with Crippen LogP contribution >= 0.6 is 23.8 Å². The summed E-state index contributed by atoms with van der Waals surface area (Å²) in [6, 6.07) is 24.3. The van der Waals surface area contributed by atoms with Gasteiger partial charge in [-0.15, -0.1) is 0 Å². The molecule has 0 heterocycles. The molecule has 0 atom stereocenters. The second kappa shape index (κ2) is 9.88. The highest BCUT2D eigenvalue weighted by atomic mass is 35.5. The van der Waals surface area contributed by atoms with Crippen LogP contribution in [-0.2, 0) is 6.42 Å². The van der Waals surface area contributed by atoms with Gasteiger partial charge in [-0.05, 0) is 60.2 Å². The second-order valence-electron chi connectivity index (χ2n) is 6.03. The second-order valence-corrected chi connectivity index (χ2v) is 6.87. The van der Waals surface area contributed by atoms with E-state index >= 15 is 0 Å². The minimum absolute atomic E-state index is 0.211. The summed E-state index contributed by atoms with van der Waals surface area (Å²) >= 11 is 11.1. The Balaban J connectivity index is 1.47. The van der Waals surface area contributed by atoms with Crippen molar-refractivity contribution in [2.75, 3.05) is 11.9 Å². The van der Waals surface area contributed by atoms with Crippen molar-refractivity contribution in [1.82, 2.24) is 5.32 Å². The number of anilines is 1. The average Bonchev–Trinajstić information content (AvgIpc) is 2.70. The topological polar surface area (TPSA) is 50.4 Å². The molecule has 28 heavy (non-hydrogen) atoms. The summed E-state index contributed by atoms with van der Waals surface area (Å²) in [4.78, 5) is 12.2. The Morgan fingerprint density at radius 2 is 1.71 bits per heavy atom. The first-order chi connectivity index (χ1) is 13.6. The third-order valence-electron chi connectivity index (χ3n) is 3.93. The van der Waals surface area contributed by atoms with E-state index in [0.29, 0.717) is 17.2 Å². The van der Waals surface area contributed by atoms with E-state index in [-0.39, 0.29) is 11.0 Å². The molecule has 3 rings (SSSR count). The molecule has 6 heteroatoms. The van der Waals surface area contributed by atoms with E-state index < -0.39 is 0 Å². The summed E-state index contributed by atoms with van der Waals surface area (Å²) in [7, 11) is 0. The SMILES string of the molecule is O=C(NC(=S)Nc1ccc(OCCc2ccccc2)cc1)c1cccc(Cl)c1. The van der Waals surface area contributed by atoms with Gasteiger partial charge in [0.15, 0.2) is 5.11 Å². The van der Waals surface area contributed by atoms with Crippen LogP contribution in [0.15, 0.2) is 78.9 Å². The fraction of sp³-hybridized carbons (Fsp3) is 0.0909. The maximum absolute atomic E-state index is 12.2. The van der Waals surface area contributed by atoms with E-state index in [1.807, 2.05) is 42.5 Å². The molecule has 3 aromatic rings. The third kappa shape index (κ3) is 6.08. The maximum atomic E-state index is 12.2. The molecule has 0 spiro atoms. The first-order valence-corrected chi connectivity index (χ1v) is 9.53. The third-order valence-corrected chi connectivity index (χ3v) is 4.37. The van der Waals surface area contributed by atoms with Crippen molar-refractivity contribution < 1.29 is 9.53 Å². The number of nitrogens with one attached hydrogen (secondary N) is 2. The summed E-state index contributed by atoms with van der Waals surface area (Å²) in [6.45, 7) is 0.602. The Morgan fingerprint density at radius 1 is 0.964 bits per heavy atom. The lowest BCUT2D eigenvalue weighted by molar-refractivity contribution is 0.0977. The van der Waals surface area contributed by atoms with Crippen LogP contribution in [0.4, 0.5) is 5.69 Å². The molecule has 142 valence electrons. The normalized spacial score (nSPS) is 10.2. The molecule has 2 N–H and O–H groups in total. The van der Waals surface area contributed by atoms with Gasteiger partial charge in [-0.3, -0.25) is 10.1 Å². The van der Waals surface area contributed by atoms with Crippen molar-refractivity contribution >= 4 is 40.5 Å². The summed E-state index contributed by atoms with van der Waals surface area (Å²) in [5.41, 5.74) is 2.44. The summed E-state index contributed by atoms with van der Waals surface area (Å²) in [5, 5.41) is 6.31. The van der Waals surface area contributed by atoms with Crippen LogP contribution in [-0.4, -0.2) is 17.6 Å². The molecule has 0 saturated carbocycles. The summed E-state index contributed by atoms with van der Waals surface area (Å²) < 4.78 is 5.76. The number of carbonyl (C=O) groups is 1. The van der Waals surface area contributed by atoms with E-state index in [1.54, 1.807) is 24.3 Å². The summed E-state index contributed by atoms with van der Waals surface area (Å²) in [6.07, 6.45) is 0.848. The van der Waals surface area contributed by atoms with Crippen LogP contribution in [0.25, 0.3) is 0 Å². The van der Waals surface area contributed by atoms with Crippen LogP contribution in [0.3, 0.4) is 0 Å². The van der Waals surface area contributed by atoms with Gasteiger partial charge in [-0.2, -0.15) is 0 Å². The molecular formula is C22H19ClN2O2S. The zero-order valence-electron chi connectivity index (χ0n) is 15.0. The van der Waals surface area contributed by atoms with Gasteiger partial charge in [0.2, 0.25) is 0 Å². The van der Waals surface area contributed by atoms with Crippen molar-refractivity contribution in [3.05, 3.63) is 95.0 Å². The monoisotopic (exact) mass is 410 g/mol. The molecule has 0 unspecified atom stereocenters. The fourth-order valence-corrected chi connectivity index (χ4v) is 2.93. The highest BCUT2D eigenvalue weighted by Crippen LogP contribution is 2.16. The number of halogens is 1. The molecule has 1 amide bonds. The van der Waals surface area contributed by atoms with Crippen LogP contribution < -0.4 is 15.4 Å². The first kappa shape index (κ1) is 19.9. The van der Waals surface area contributed by atoms with Crippen LogP contribution in [0.5, 0.6) is 5.75 Å². The molecular weight excluding hydrogens is 392 g/mol.